The predicted molar refractivity (Wildman–Crippen MR) is 164 cm³/mol. The van der Waals surface area contributed by atoms with Crippen LogP contribution in [0.5, 0.6) is 5.75 Å². The molecule has 0 aromatic heterocycles. The Morgan fingerprint density at radius 2 is 1.61 bits per heavy atom. The number of nitrogens with zero attached hydrogens (tertiary/aromatic N) is 2. The molecule has 0 saturated heterocycles. The summed E-state index contributed by atoms with van der Waals surface area (Å²) >= 11 is 12.5. The maximum atomic E-state index is 14.1. The zero-order valence-electron chi connectivity index (χ0n) is 23.5. The number of ether oxygens (including phenoxy) is 1. The molecule has 0 unspecified atom stereocenters. The fourth-order valence-corrected chi connectivity index (χ4v) is 5.53. The molecule has 0 aliphatic heterocycles. The Morgan fingerprint density at radius 3 is 2.24 bits per heavy atom. The van der Waals surface area contributed by atoms with E-state index in [1.54, 1.807) is 24.3 Å². The molecule has 0 fully saturated rings. The van der Waals surface area contributed by atoms with Crippen molar-refractivity contribution in [2.24, 2.45) is 5.92 Å². The zero-order chi connectivity index (χ0) is 30.2. The normalized spacial score (nSPS) is 12.1. The van der Waals surface area contributed by atoms with E-state index >= 15 is 0 Å². The second-order valence-electron chi connectivity index (χ2n) is 10.1. The molecule has 220 valence electrons. The number of halogens is 2. The predicted octanol–water partition coefficient (Wildman–Crippen LogP) is 5.18. The molecular weight excluding hydrogens is 585 g/mol. The molecule has 1 atom stereocenters. The number of carbonyl (C=O) groups is 2. The van der Waals surface area contributed by atoms with Crippen molar-refractivity contribution in [1.29, 1.82) is 0 Å². The van der Waals surface area contributed by atoms with E-state index in [-0.39, 0.29) is 40.5 Å². The molecule has 0 aliphatic carbocycles. The molecule has 0 saturated carbocycles. The van der Waals surface area contributed by atoms with Crippen LogP contribution >= 0.6 is 23.2 Å². The Hall–Kier alpha value is -3.27. The van der Waals surface area contributed by atoms with E-state index in [9.17, 15) is 18.0 Å². The number of nitrogens with one attached hydrogen (secondary N) is 1. The first-order valence-electron chi connectivity index (χ1n) is 13.1. The van der Waals surface area contributed by atoms with Crippen molar-refractivity contribution < 1.29 is 22.7 Å². The summed E-state index contributed by atoms with van der Waals surface area (Å²) in [5.74, 6) is -0.160. The summed E-state index contributed by atoms with van der Waals surface area (Å²) in [6.07, 6.45) is 1.21. The van der Waals surface area contributed by atoms with Crippen LogP contribution in [0.15, 0.2) is 72.8 Å². The highest BCUT2D eigenvalue weighted by atomic mass is 35.5. The summed E-state index contributed by atoms with van der Waals surface area (Å²) in [5, 5.41) is 3.10. The van der Waals surface area contributed by atoms with Gasteiger partial charge in [-0.2, -0.15) is 0 Å². The molecule has 41 heavy (non-hydrogen) atoms. The number of hydrogen-bond acceptors (Lipinski definition) is 5. The first kappa shape index (κ1) is 32.2. The molecule has 2 amide bonds. The third-order valence-corrected chi connectivity index (χ3v) is 8.26. The van der Waals surface area contributed by atoms with E-state index in [1.165, 1.54) is 24.1 Å². The lowest BCUT2D eigenvalue weighted by Gasteiger charge is -2.34. The molecular formula is C30H35Cl2N3O5S. The number of sulfonamides is 1. The van der Waals surface area contributed by atoms with Crippen molar-refractivity contribution in [2.75, 3.05) is 30.8 Å². The van der Waals surface area contributed by atoms with Crippen molar-refractivity contribution >= 4 is 50.7 Å². The second-order valence-corrected chi connectivity index (χ2v) is 12.8. The maximum absolute atomic E-state index is 14.1. The minimum absolute atomic E-state index is 0.00208. The highest BCUT2D eigenvalue weighted by Crippen LogP contribution is 2.34. The van der Waals surface area contributed by atoms with E-state index in [1.807, 2.05) is 50.2 Å². The Kier molecular flexibility index (Phi) is 11.5. The average molecular weight is 621 g/mol. The van der Waals surface area contributed by atoms with Crippen LogP contribution in [0.3, 0.4) is 0 Å². The van der Waals surface area contributed by atoms with Gasteiger partial charge in [-0.15, -0.1) is 0 Å². The molecule has 0 radical (unpaired) electrons. The fraction of sp³-hybridized carbons (Fsp3) is 0.333. The lowest BCUT2D eigenvalue weighted by atomic mass is 10.0. The maximum Gasteiger partial charge on any atom is 0.244 e. The van der Waals surface area contributed by atoms with Crippen molar-refractivity contribution in [3.8, 4) is 5.75 Å². The number of rotatable bonds is 13. The molecule has 0 aliphatic rings. The minimum Gasteiger partial charge on any atom is -0.497 e. The van der Waals surface area contributed by atoms with Crippen LogP contribution in [0.25, 0.3) is 0 Å². The Morgan fingerprint density at radius 1 is 0.951 bits per heavy atom. The summed E-state index contributed by atoms with van der Waals surface area (Å²) < 4.78 is 32.1. The van der Waals surface area contributed by atoms with Crippen LogP contribution in [0.1, 0.15) is 25.0 Å². The van der Waals surface area contributed by atoms with Gasteiger partial charge in [0.15, 0.2) is 0 Å². The zero-order valence-corrected chi connectivity index (χ0v) is 25.8. The van der Waals surface area contributed by atoms with E-state index in [2.05, 4.69) is 5.32 Å². The van der Waals surface area contributed by atoms with Crippen LogP contribution < -0.4 is 14.4 Å². The van der Waals surface area contributed by atoms with Crippen LogP contribution in [0, 0.1) is 5.92 Å². The third-order valence-electron chi connectivity index (χ3n) is 6.32. The van der Waals surface area contributed by atoms with Crippen LogP contribution in [0.4, 0.5) is 5.69 Å². The number of amides is 2. The van der Waals surface area contributed by atoms with Crippen molar-refractivity contribution in [3.63, 3.8) is 0 Å². The SMILES string of the molecule is COc1cccc(CN(C(=O)CN(c2cccc(Cl)c2Cl)S(C)(=O)=O)[C@@H](Cc2ccccc2)C(=O)NCC(C)C)c1. The standard InChI is InChI=1S/C30H35Cl2N3O5S/c1-21(2)18-33-30(37)27(17-22-10-6-5-7-11-22)34(19-23-12-8-13-24(16-23)40-3)28(36)20-35(41(4,38)39)26-15-9-14-25(31)29(26)32/h5-16,21,27H,17-20H2,1-4H3,(H,33,37)/t27-/m0/s1. The number of anilines is 1. The number of hydrogen-bond donors (Lipinski definition) is 1. The van der Waals surface area contributed by atoms with Gasteiger partial charge in [0, 0.05) is 19.5 Å². The Balaban J connectivity index is 2.09. The number of carbonyl (C=O) groups excluding carboxylic acids is 2. The highest BCUT2D eigenvalue weighted by Gasteiger charge is 2.33. The Labute approximate surface area is 252 Å². The summed E-state index contributed by atoms with van der Waals surface area (Å²) in [6, 6.07) is 20.1. The highest BCUT2D eigenvalue weighted by molar-refractivity contribution is 7.92. The smallest absolute Gasteiger partial charge is 0.244 e. The van der Waals surface area contributed by atoms with Gasteiger partial charge in [-0.05, 0) is 41.3 Å². The molecule has 3 aromatic rings. The lowest BCUT2D eigenvalue weighted by Crippen LogP contribution is -2.53. The molecule has 3 aromatic carbocycles. The van der Waals surface area contributed by atoms with Gasteiger partial charge in [0.1, 0.15) is 18.3 Å². The van der Waals surface area contributed by atoms with Crippen molar-refractivity contribution in [3.05, 3.63) is 94.0 Å². The van der Waals surface area contributed by atoms with E-state index in [0.717, 1.165) is 16.1 Å². The summed E-state index contributed by atoms with van der Waals surface area (Å²) in [7, 11) is -2.43. The molecule has 1 N–H and O–H groups in total. The first-order valence-corrected chi connectivity index (χ1v) is 15.7. The second kappa shape index (κ2) is 14.6. The molecule has 0 bridgehead atoms. The first-order chi connectivity index (χ1) is 19.4. The van der Waals surface area contributed by atoms with Crippen LogP contribution in [-0.2, 0) is 32.6 Å². The third kappa shape index (κ3) is 9.11. The van der Waals surface area contributed by atoms with Gasteiger partial charge < -0.3 is 15.0 Å². The lowest BCUT2D eigenvalue weighted by molar-refractivity contribution is -0.140. The van der Waals surface area contributed by atoms with Gasteiger partial charge in [0.25, 0.3) is 0 Å². The van der Waals surface area contributed by atoms with E-state index in [4.69, 9.17) is 27.9 Å². The summed E-state index contributed by atoms with van der Waals surface area (Å²) in [5.41, 5.74) is 1.62. The summed E-state index contributed by atoms with van der Waals surface area (Å²) in [4.78, 5) is 29.2. The van der Waals surface area contributed by atoms with Gasteiger partial charge in [-0.25, -0.2) is 8.42 Å². The molecule has 0 spiro atoms. The Bertz CT molecular complexity index is 1450. The number of methoxy groups -OCH3 is 1. The van der Waals surface area contributed by atoms with Crippen molar-refractivity contribution in [1.82, 2.24) is 10.2 Å². The van der Waals surface area contributed by atoms with E-state index in [0.29, 0.717) is 17.9 Å². The number of benzene rings is 3. The van der Waals surface area contributed by atoms with Gasteiger partial charge in [-0.1, -0.05) is 85.6 Å². The quantitative estimate of drug-likeness (QED) is 0.284. The van der Waals surface area contributed by atoms with E-state index < -0.39 is 28.5 Å². The van der Waals surface area contributed by atoms with Gasteiger partial charge in [0.05, 0.1) is 29.1 Å². The average Bonchev–Trinajstić information content (AvgIpc) is 2.94. The molecule has 8 nitrogen and oxygen atoms in total. The van der Waals surface area contributed by atoms with Gasteiger partial charge >= 0.3 is 0 Å². The molecule has 0 heterocycles. The van der Waals surface area contributed by atoms with Gasteiger partial charge in [0.2, 0.25) is 21.8 Å². The summed E-state index contributed by atoms with van der Waals surface area (Å²) in [6.45, 7) is 3.81. The molecule has 11 heteroatoms. The van der Waals surface area contributed by atoms with Crippen molar-refractivity contribution in [2.45, 2.75) is 32.9 Å². The fourth-order valence-electron chi connectivity index (χ4n) is 4.22. The largest absolute Gasteiger partial charge is 0.497 e. The van der Waals surface area contributed by atoms with Gasteiger partial charge in [-0.3, -0.25) is 13.9 Å². The van der Waals surface area contributed by atoms with Crippen LogP contribution in [0.2, 0.25) is 10.0 Å². The van der Waals surface area contributed by atoms with Crippen LogP contribution in [-0.4, -0.2) is 57.6 Å². The molecule has 3 rings (SSSR count). The minimum atomic E-state index is -3.97. The monoisotopic (exact) mass is 619 g/mol. The topological polar surface area (TPSA) is 96.0 Å².